The van der Waals surface area contributed by atoms with Crippen LogP contribution >= 0.6 is 38.9 Å². The third-order valence-electron chi connectivity index (χ3n) is 6.82. The van der Waals surface area contributed by atoms with Crippen molar-refractivity contribution in [3.63, 3.8) is 0 Å². The Labute approximate surface area is 252 Å². The number of rotatable bonds is 7. The zero-order valence-electron chi connectivity index (χ0n) is 22.3. The molecule has 210 valence electrons. The summed E-state index contributed by atoms with van der Waals surface area (Å²) in [4.78, 5) is 45.0. The van der Waals surface area contributed by atoms with Crippen LogP contribution in [0.1, 0.15) is 38.1 Å². The molecule has 0 bridgehead atoms. The molecule has 1 amide bonds. The first kappa shape index (κ1) is 28.7. The second-order valence-electron chi connectivity index (χ2n) is 9.23. The van der Waals surface area contributed by atoms with Gasteiger partial charge in [-0.05, 0) is 72.6 Å². The normalized spacial score (nSPS) is 15.0. The number of carbonyl (C=O) groups is 1. The van der Waals surface area contributed by atoms with E-state index in [0.717, 1.165) is 5.56 Å². The maximum absolute atomic E-state index is 13.9. The lowest BCUT2D eigenvalue weighted by atomic mass is 9.94. The molecule has 9 nitrogen and oxygen atoms in total. The van der Waals surface area contributed by atoms with Gasteiger partial charge in [0.1, 0.15) is 11.5 Å². The number of nitrogens with zero attached hydrogens (tertiary/aromatic N) is 4. The molecule has 0 spiro atoms. The van der Waals surface area contributed by atoms with E-state index in [-0.39, 0.29) is 17.2 Å². The highest BCUT2D eigenvalue weighted by atomic mass is 79.9. The number of nitro benzene ring substituents is 1. The number of halogens is 2. The van der Waals surface area contributed by atoms with E-state index in [0.29, 0.717) is 60.3 Å². The number of likely N-dealkylation sites (N-methyl/N-ethyl adjacent to an activating group) is 1. The molecule has 0 saturated heterocycles. The summed E-state index contributed by atoms with van der Waals surface area (Å²) >= 11 is 10.7. The second kappa shape index (κ2) is 11.6. The minimum atomic E-state index is -0.679. The number of non-ortho nitro benzene ring substituents is 1. The van der Waals surface area contributed by atoms with E-state index < -0.39 is 11.0 Å². The molecule has 2 aromatic carbocycles. The van der Waals surface area contributed by atoms with Gasteiger partial charge in [-0.15, -0.1) is 0 Å². The van der Waals surface area contributed by atoms with Gasteiger partial charge in [0.05, 0.1) is 26.8 Å². The predicted molar refractivity (Wildman–Crippen MR) is 162 cm³/mol. The highest BCUT2D eigenvalue weighted by Gasteiger charge is 2.34. The predicted octanol–water partition coefficient (Wildman–Crippen LogP) is 5.69. The molecule has 0 saturated carbocycles. The van der Waals surface area contributed by atoms with E-state index in [9.17, 15) is 19.7 Å². The summed E-state index contributed by atoms with van der Waals surface area (Å²) in [5.74, 6) is 0.733. The van der Waals surface area contributed by atoms with Crippen LogP contribution in [-0.2, 0) is 4.79 Å². The number of furan rings is 1. The molecule has 1 atom stereocenters. The molecular formula is C29H24BrClN4O5S. The number of nitro groups is 1. The van der Waals surface area contributed by atoms with Crippen LogP contribution in [0.15, 0.2) is 84.5 Å². The van der Waals surface area contributed by atoms with Crippen molar-refractivity contribution in [1.82, 2.24) is 9.47 Å². The Kier molecular flexibility index (Phi) is 8.12. The lowest BCUT2D eigenvalue weighted by Gasteiger charge is -2.29. The summed E-state index contributed by atoms with van der Waals surface area (Å²) in [6.45, 7) is 6.66. The molecule has 1 aliphatic rings. The highest BCUT2D eigenvalue weighted by Crippen LogP contribution is 2.34. The third-order valence-corrected chi connectivity index (χ3v) is 8.71. The van der Waals surface area contributed by atoms with Gasteiger partial charge >= 0.3 is 0 Å². The first-order valence-electron chi connectivity index (χ1n) is 12.7. The number of thiazole rings is 1. The average molecular weight is 656 g/mol. The quantitative estimate of drug-likeness (QED) is 0.188. The van der Waals surface area contributed by atoms with Crippen molar-refractivity contribution in [2.75, 3.05) is 13.1 Å². The number of allylic oxidation sites excluding steroid dienone is 1. The van der Waals surface area contributed by atoms with Gasteiger partial charge in [-0.3, -0.25) is 24.3 Å². The molecule has 0 unspecified atom stereocenters. The summed E-state index contributed by atoms with van der Waals surface area (Å²) in [6.07, 6.45) is 1.64. The molecule has 0 aliphatic carbocycles. The zero-order valence-corrected chi connectivity index (χ0v) is 25.4. The van der Waals surface area contributed by atoms with Crippen LogP contribution in [0.5, 0.6) is 0 Å². The fourth-order valence-corrected chi connectivity index (χ4v) is 6.47. The fraction of sp³-hybridized carbons (Fsp3) is 0.207. The Morgan fingerprint density at radius 2 is 1.90 bits per heavy atom. The topological polar surface area (TPSA) is 111 Å². The standard InChI is InChI=1S/C29H24BrClN4O5S/c1-4-33(5-2)28(37)25-16(3)32-29-34(26(25)17-6-8-18(31)9-7-17)27(36)24(41-29)15-20-11-13-23(40-20)21-12-10-19(35(38)39)14-22(21)30/h6-15,26H,4-5H2,1-3H3/b24-15+/t26-/m1/s1. The van der Waals surface area contributed by atoms with Gasteiger partial charge in [-0.1, -0.05) is 35.1 Å². The van der Waals surface area contributed by atoms with E-state index in [1.807, 2.05) is 26.0 Å². The maximum Gasteiger partial charge on any atom is 0.271 e. The van der Waals surface area contributed by atoms with Gasteiger partial charge in [0.15, 0.2) is 4.80 Å². The van der Waals surface area contributed by atoms with Gasteiger partial charge in [-0.25, -0.2) is 4.99 Å². The molecule has 12 heteroatoms. The number of fused-ring (bicyclic) bond motifs is 1. The average Bonchev–Trinajstić information content (AvgIpc) is 3.53. The van der Waals surface area contributed by atoms with Gasteiger partial charge in [-0.2, -0.15) is 0 Å². The third kappa shape index (κ3) is 5.44. The zero-order chi connectivity index (χ0) is 29.4. The first-order valence-corrected chi connectivity index (χ1v) is 14.7. The highest BCUT2D eigenvalue weighted by molar-refractivity contribution is 9.10. The Morgan fingerprint density at radius 3 is 2.54 bits per heavy atom. The van der Waals surface area contributed by atoms with Crippen molar-refractivity contribution < 1.29 is 14.1 Å². The van der Waals surface area contributed by atoms with Crippen molar-refractivity contribution in [3.05, 3.63) is 116 Å². The summed E-state index contributed by atoms with van der Waals surface area (Å²) in [5, 5.41) is 11.6. The summed E-state index contributed by atoms with van der Waals surface area (Å²) < 4.78 is 8.44. The number of hydrogen-bond donors (Lipinski definition) is 0. The lowest BCUT2D eigenvalue weighted by Crippen LogP contribution is -2.43. The number of carbonyl (C=O) groups excluding carboxylic acids is 1. The summed E-state index contributed by atoms with van der Waals surface area (Å²) in [7, 11) is 0. The molecular weight excluding hydrogens is 632 g/mol. The van der Waals surface area contributed by atoms with Crippen molar-refractivity contribution in [2.24, 2.45) is 4.99 Å². The van der Waals surface area contributed by atoms with Crippen LogP contribution in [0.2, 0.25) is 5.02 Å². The van der Waals surface area contributed by atoms with E-state index >= 15 is 0 Å². The number of benzene rings is 2. The molecule has 5 rings (SSSR count). The molecule has 1 aliphatic heterocycles. The minimum absolute atomic E-state index is 0.0436. The van der Waals surface area contributed by atoms with Crippen LogP contribution < -0.4 is 14.9 Å². The van der Waals surface area contributed by atoms with Crippen molar-refractivity contribution >= 4 is 56.5 Å². The van der Waals surface area contributed by atoms with E-state index in [4.69, 9.17) is 16.0 Å². The maximum atomic E-state index is 13.9. The van der Waals surface area contributed by atoms with Crippen LogP contribution in [-0.4, -0.2) is 33.4 Å². The van der Waals surface area contributed by atoms with Crippen molar-refractivity contribution in [3.8, 4) is 11.3 Å². The molecule has 2 aromatic heterocycles. The molecule has 0 radical (unpaired) electrons. The number of aromatic nitrogens is 1. The first-order chi connectivity index (χ1) is 19.6. The van der Waals surface area contributed by atoms with Crippen LogP contribution in [0.3, 0.4) is 0 Å². The fourth-order valence-electron chi connectivity index (χ4n) is 4.76. The lowest BCUT2D eigenvalue weighted by molar-refractivity contribution is -0.384. The Bertz CT molecular complexity index is 1890. The van der Waals surface area contributed by atoms with Crippen LogP contribution in [0.4, 0.5) is 5.69 Å². The van der Waals surface area contributed by atoms with Crippen LogP contribution in [0, 0.1) is 10.1 Å². The van der Waals surface area contributed by atoms with E-state index in [2.05, 4.69) is 20.9 Å². The van der Waals surface area contributed by atoms with Crippen LogP contribution in [0.25, 0.3) is 17.4 Å². The van der Waals surface area contributed by atoms with Gasteiger partial charge in [0.2, 0.25) is 0 Å². The van der Waals surface area contributed by atoms with E-state index in [1.165, 1.54) is 23.5 Å². The molecule has 0 fully saturated rings. The molecule has 4 aromatic rings. The van der Waals surface area contributed by atoms with Gasteiger partial charge in [0.25, 0.3) is 17.2 Å². The molecule has 41 heavy (non-hydrogen) atoms. The largest absolute Gasteiger partial charge is 0.457 e. The van der Waals surface area contributed by atoms with Crippen molar-refractivity contribution in [2.45, 2.75) is 26.8 Å². The monoisotopic (exact) mass is 654 g/mol. The second-order valence-corrected chi connectivity index (χ2v) is 11.5. The molecule has 0 N–H and O–H groups in total. The Morgan fingerprint density at radius 1 is 1.20 bits per heavy atom. The van der Waals surface area contributed by atoms with Gasteiger partial charge < -0.3 is 9.32 Å². The number of hydrogen-bond acceptors (Lipinski definition) is 7. The minimum Gasteiger partial charge on any atom is -0.457 e. The summed E-state index contributed by atoms with van der Waals surface area (Å²) in [6, 6.07) is 14.3. The smallest absolute Gasteiger partial charge is 0.271 e. The van der Waals surface area contributed by atoms with E-state index in [1.54, 1.807) is 52.8 Å². The summed E-state index contributed by atoms with van der Waals surface area (Å²) in [5.41, 5.74) is 2.03. The molecule has 3 heterocycles. The van der Waals surface area contributed by atoms with Crippen molar-refractivity contribution in [1.29, 1.82) is 0 Å². The number of amides is 1. The SMILES string of the molecule is CCN(CC)C(=O)C1=C(C)N=c2s/c(=C/c3ccc(-c4ccc([N+](=O)[O-])cc4Br)o3)c(=O)n2[C@@H]1c1ccc(Cl)cc1. The Balaban J connectivity index is 1.62. The van der Waals surface area contributed by atoms with Gasteiger partial charge in [0, 0.05) is 46.4 Å². The Hall–Kier alpha value is -3.80.